The first-order valence-corrected chi connectivity index (χ1v) is 8.45. The van der Waals surface area contributed by atoms with Crippen LogP contribution in [0.3, 0.4) is 0 Å². The predicted octanol–water partition coefficient (Wildman–Crippen LogP) is 6.32. The van der Waals surface area contributed by atoms with Crippen molar-refractivity contribution in [3.8, 4) is 0 Å². The third-order valence-electron chi connectivity index (χ3n) is 3.90. The molecule has 0 atom stereocenters. The molecule has 2 nitrogen and oxygen atoms in total. The van der Waals surface area contributed by atoms with E-state index in [4.69, 9.17) is 4.74 Å². The highest BCUT2D eigenvalue weighted by atomic mass is 79.9. The Morgan fingerprint density at radius 1 is 0.750 bits per heavy atom. The standard InChI is InChI=1S/C19H9BrF6O2/c20-14-9-15(28-17(14)27)16(10-1-5-12(6-2-10)18(21,22)23)11-3-7-13(8-4-11)19(24,25)26/h1-9H. The van der Waals surface area contributed by atoms with Gasteiger partial charge in [0, 0.05) is 11.6 Å². The average molecular weight is 463 g/mol. The number of hydrogen-bond donors (Lipinski definition) is 0. The zero-order valence-electron chi connectivity index (χ0n) is 13.7. The molecule has 9 heteroatoms. The number of cyclic esters (lactones) is 1. The number of rotatable bonds is 2. The minimum Gasteiger partial charge on any atom is -0.422 e. The van der Waals surface area contributed by atoms with Crippen LogP contribution in [0.1, 0.15) is 22.3 Å². The summed E-state index contributed by atoms with van der Waals surface area (Å²) in [4.78, 5) is 11.7. The highest BCUT2D eigenvalue weighted by Crippen LogP contribution is 2.37. The van der Waals surface area contributed by atoms with Crippen molar-refractivity contribution in [1.29, 1.82) is 0 Å². The Balaban J connectivity index is 2.12. The maximum atomic E-state index is 12.8. The van der Waals surface area contributed by atoms with Crippen molar-refractivity contribution in [2.45, 2.75) is 12.4 Å². The van der Waals surface area contributed by atoms with Crippen LogP contribution in [-0.4, -0.2) is 5.97 Å². The van der Waals surface area contributed by atoms with Gasteiger partial charge in [-0.1, -0.05) is 24.3 Å². The van der Waals surface area contributed by atoms with E-state index in [9.17, 15) is 31.1 Å². The topological polar surface area (TPSA) is 26.3 Å². The maximum absolute atomic E-state index is 12.8. The van der Waals surface area contributed by atoms with Crippen LogP contribution in [0.5, 0.6) is 0 Å². The van der Waals surface area contributed by atoms with Crippen LogP contribution in [0, 0.1) is 0 Å². The van der Waals surface area contributed by atoms with Crippen molar-refractivity contribution in [2.24, 2.45) is 0 Å². The molecule has 0 bridgehead atoms. The smallest absolute Gasteiger partial charge is 0.416 e. The molecule has 0 saturated carbocycles. The second-order valence-electron chi connectivity index (χ2n) is 5.77. The van der Waals surface area contributed by atoms with Crippen LogP contribution in [0.4, 0.5) is 26.3 Å². The van der Waals surface area contributed by atoms with E-state index in [1.54, 1.807) is 0 Å². The normalized spacial score (nSPS) is 14.8. The van der Waals surface area contributed by atoms with Gasteiger partial charge in [0.15, 0.2) is 0 Å². The zero-order chi connectivity index (χ0) is 20.7. The van der Waals surface area contributed by atoms with E-state index in [-0.39, 0.29) is 26.9 Å². The highest BCUT2D eigenvalue weighted by Gasteiger charge is 2.32. The number of halogens is 7. The fraction of sp³-hybridized carbons (Fsp3) is 0.105. The zero-order valence-corrected chi connectivity index (χ0v) is 15.2. The average Bonchev–Trinajstić information content (AvgIpc) is 2.93. The summed E-state index contributed by atoms with van der Waals surface area (Å²) in [6, 6.07) is 8.02. The van der Waals surface area contributed by atoms with Gasteiger partial charge >= 0.3 is 18.3 Å². The fourth-order valence-electron chi connectivity index (χ4n) is 2.58. The Morgan fingerprint density at radius 3 is 1.43 bits per heavy atom. The molecule has 0 spiro atoms. The van der Waals surface area contributed by atoms with Gasteiger partial charge < -0.3 is 4.74 Å². The molecule has 1 aliphatic heterocycles. The summed E-state index contributed by atoms with van der Waals surface area (Å²) in [5.41, 5.74) is -1.09. The molecule has 1 heterocycles. The predicted molar refractivity (Wildman–Crippen MR) is 92.0 cm³/mol. The molecule has 0 fully saturated rings. The molecule has 0 aliphatic carbocycles. The molecule has 146 valence electrons. The third-order valence-corrected chi connectivity index (χ3v) is 4.46. The number of carbonyl (C=O) groups excluding carboxylic acids is 1. The van der Waals surface area contributed by atoms with Crippen LogP contribution >= 0.6 is 15.9 Å². The van der Waals surface area contributed by atoms with Crippen molar-refractivity contribution in [1.82, 2.24) is 0 Å². The molecule has 28 heavy (non-hydrogen) atoms. The van der Waals surface area contributed by atoms with Crippen LogP contribution in [0.2, 0.25) is 0 Å². The maximum Gasteiger partial charge on any atom is 0.416 e. The van der Waals surface area contributed by atoms with Gasteiger partial charge in [0.2, 0.25) is 0 Å². The van der Waals surface area contributed by atoms with E-state index in [0.717, 1.165) is 48.5 Å². The number of esters is 1. The van der Waals surface area contributed by atoms with Crippen molar-refractivity contribution >= 4 is 27.5 Å². The van der Waals surface area contributed by atoms with E-state index >= 15 is 0 Å². The minimum atomic E-state index is -4.54. The highest BCUT2D eigenvalue weighted by molar-refractivity contribution is 9.12. The summed E-state index contributed by atoms with van der Waals surface area (Å²) in [5, 5.41) is 0. The van der Waals surface area contributed by atoms with Gasteiger partial charge in [-0.2, -0.15) is 26.3 Å². The largest absolute Gasteiger partial charge is 0.422 e. The summed E-state index contributed by atoms with van der Waals surface area (Å²) < 4.78 is 82.0. The first kappa shape index (κ1) is 20.2. The van der Waals surface area contributed by atoms with Crippen LogP contribution in [-0.2, 0) is 21.9 Å². The molecule has 0 N–H and O–H groups in total. The van der Waals surface area contributed by atoms with Gasteiger partial charge in [-0.15, -0.1) is 0 Å². The summed E-state index contributed by atoms with van der Waals surface area (Å²) in [6.45, 7) is 0. The number of alkyl halides is 6. The van der Waals surface area contributed by atoms with Gasteiger partial charge in [-0.25, -0.2) is 4.79 Å². The summed E-state index contributed by atoms with van der Waals surface area (Å²) in [5.74, 6) is -0.706. The lowest BCUT2D eigenvalue weighted by atomic mass is 9.95. The second-order valence-corrected chi connectivity index (χ2v) is 6.63. The van der Waals surface area contributed by atoms with E-state index < -0.39 is 29.4 Å². The van der Waals surface area contributed by atoms with E-state index in [1.807, 2.05) is 0 Å². The Hall–Kier alpha value is -2.55. The number of ether oxygens (including phenoxy) is 1. The van der Waals surface area contributed by atoms with Gasteiger partial charge in [0.1, 0.15) is 10.2 Å². The number of allylic oxidation sites excluding steroid dienone is 1. The minimum absolute atomic E-state index is 0.0105. The lowest BCUT2D eigenvalue weighted by Crippen LogP contribution is -2.06. The number of benzene rings is 2. The number of hydrogen-bond acceptors (Lipinski definition) is 2. The SMILES string of the molecule is O=C1OC(=C(c2ccc(C(F)(F)F)cc2)c2ccc(C(F)(F)F)cc2)C=C1Br. The molecule has 3 rings (SSSR count). The van der Waals surface area contributed by atoms with Gasteiger partial charge in [-0.3, -0.25) is 0 Å². The lowest BCUT2D eigenvalue weighted by molar-refractivity contribution is -0.138. The molecule has 1 aliphatic rings. The van der Waals surface area contributed by atoms with Crippen LogP contribution in [0.25, 0.3) is 5.57 Å². The summed E-state index contributed by atoms with van der Waals surface area (Å²) in [7, 11) is 0. The van der Waals surface area contributed by atoms with Crippen molar-refractivity contribution in [2.75, 3.05) is 0 Å². The lowest BCUT2D eigenvalue weighted by Gasteiger charge is -2.14. The van der Waals surface area contributed by atoms with Gasteiger partial charge in [0.25, 0.3) is 0 Å². The van der Waals surface area contributed by atoms with Gasteiger partial charge in [0.05, 0.1) is 11.1 Å². The second kappa shape index (κ2) is 7.12. The Morgan fingerprint density at radius 2 is 1.14 bits per heavy atom. The molecule has 2 aromatic rings. The third kappa shape index (κ3) is 4.14. The summed E-state index contributed by atoms with van der Waals surface area (Å²) in [6.07, 6.45) is -7.76. The van der Waals surface area contributed by atoms with Crippen LogP contribution in [0.15, 0.2) is 64.8 Å². The van der Waals surface area contributed by atoms with E-state index in [0.29, 0.717) is 0 Å². The first-order valence-electron chi connectivity index (χ1n) is 7.66. The van der Waals surface area contributed by atoms with Crippen LogP contribution < -0.4 is 0 Å². The quantitative estimate of drug-likeness (QED) is 0.385. The first-order chi connectivity index (χ1) is 13.0. The van der Waals surface area contributed by atoms with Gasteiger partial charge in [-0.05, 0) is 51.3 Å². The van der Waals surface area contributed by atoms with Crippen molar-refractivity contribution in [3.05, 3.63) is 87.1 Å². The van der Waals surface area contributed by atoms with E-state index in [1.165, 1.54) is 6.08 Å². The molecule has 0 radical (unpaired) electrons. The Labute approximate surface area is 163 Å². The molecule has 0 amide bonds. The molecular formula is C19H9BrF6O2. The van der Waals surface area contributed by atoms with Crippen molar-refractivity contribution in [3.63, 3.8) is 0 Å². The Kier molecular flexibility index (Phi) is 5.14. The fourth-order valence-corrected chi connectivity index (χ4v) is 2.87. The molecule has 2 aromatic carbocycles. The van der Waals surface area contributed by atoms with Crippen molar-refractivity contribution < 1.29 is 35.9 Å². The number of carbonyl (C=O) groups is 1. The Bertz CT molecular complexity index is 908. The molecule has 0 aromatic heterocycles. The summed E-state index contributed by atoms with van der Waals surface area (Å²) >= 11 is 2.99. The molecule has 0 unspecified atom stereocenters. The molecular weight excluding hydrogens is 454 g/mol. The molecule has 0 saturated heterocycles. The van der Waals surface area contributed by atoms with E-state index in [2.05, 4.69) is 15.9 Å². The monoisotopic (exact) mass is 462 g/mol.